The summed E-state index contributed by atoms with van der Waals surface area (Å²) in [6.07, 6.45) is 4.53. The van der Waals surface area contributed by atoms with Crippen LogP contribution >= 0.6 is 0 Å². The van der Waals surface area contributed by atoms with Gasteiger partial charge in [0, 0.05) is 6.04 Å². The van der Waals surface area contributed by atoms with E-state index >= 15 is 0 Å². The van der Waals surface area contributed by atoms with Gasteiger partial charge < -0.3 is 11.1 Å². The number of anilines is 2. The van der Waals surface area contributed by atoms with Crippen LogP contribution in [0.25, 0.3) is 0 Å². The summed E-state index contributed by atoms with van der Waals surface area (Å²) in [7, 11) is 0. The number of nitrogens with zero attached hydrogens (tertiary/aromatic N) is 3. The Bertz CT molecular complexity index is 479. The highest BCUT2D eigenvalue weighted by Crippen LogP contribution is 2.37. The highest BCUT2D eigenvalue weighted by Gasteiger charge is 2.33. The van der Waals surface area contributed by atoms with Crippen LogP contribution in [0.1, 0.15) is 33.1 Å². The maximum atomic E-state index is 11.0. The third kappa shape index (κ3) is 2.59. The van der Waals surface area contributed by atoms with Crippen molar-refractivity contribution >= 4 is 17.3 Å². The molecule has 1 heterocycles. The molecule has 3 N–H and O–H groups in total. The summed E-state index contributed by atoms with van der Waals surface area (Å²) in [4.78, 5) is 18.1. The van der Waals surface area contributed by atoms with Gasteiger partial charge in [-0.3, -0.25) is 10.1 Å². The highest BCUT2D eigenvalue weighted by atomic mass is 16.6. The minimum atomic E-state index is -0.533. The summed E-state index contributed by atoms with van der Waals surface area (Å²) in [5.41, 5.74) is 5.32. The van der Waals surface area contributed by atoms with Gasteiger partial charge in [0.2, 0.25) is 11.6 Å². The first-order valence-electron chi connectivity index (χ1n) is 6.56. The second-order valence-corrected chi connectivity index (χ2v) is 5.07. The Kier molecular flexibility index (Phi) is 3.82. The molecule has 0 aliphatic heterocycles. The van der Waals surface area contributed by atoms with Crippen LogP contribution in [0.4, 0.5) is 17.3 Å². The average Bonchev–Trinajstić information content (AvgIpc) is 2.70. The second kappa shape index (κ2) is 5.38. The predicted octanol–water partition coefficient (Wildman–Crippen LogP) is 2.20. The normalized spacial score (nSPS) is 26.3. The van der Waals surface area contributed by atoms with E-state index in [0.29, 0.717) is 11.8 Å². The molecule has 1 aliphatic rings. The third-order valence-corrected chi connectivity index (χ3v) is 4.11. The molecule has 3 atom stereocenters. The van der Waals surface area contributed by atoms with Crippen molar-refractivity contribution < 1.29 is 4.92 Å². The lowest BCUT2D eigenvalue weighted by atomic mass is 9.93. The lowest BCUT2D eigenvalue weighted by Gasteiger charge is -2.21. The molecule has 0 amide bonds. The van der Waals surface area contributed by atoms with Crippen molar-refractivity contribution in [3.05, 3.63) is 16.4 Å². The molecule has 7 nitrogen and oxygen atoms in total. The summed E-state index contributed by atoms with van der Waals surface area (Å²) in [6.45, 7) is 4.35. The van der Waals surface area contributed by atoms with Gasteiger partial charge >= 0.3 is 5.69 Å². The summed E-state index contributed by atoms with van der Waals surface area (Å²) in [5, 5.41) is 14.2. The molecule has 1 aromatic rings. The van der Waals surface area contributed by atoms with Crippen molar-refractivity contribution in [3.63, 3.8) is 0 Å². The molecule has 19 heavy (non-hydrogen) atoms. The average molecular weight is 265 g/mol. The predicted molar refractivity (Wildman–Crippen MR) is 72.7 cm³/mol. The summed E-state index contributed by atoms with van der Waals surface area (Å²) < 4.78 is 0. The first-order valence-corrected chi connectivity index (χ1v) is 6.56. The molecular weight excluding hydrogens is 246 g/mol. The zero-order chi connectivity index (χ0) is 14.0. The van der Waals surface area contributed by atoms with Gasteiger partial charge in [-0.1, -0.05) is 20.3 Å². The molecule has 1 aliphatic carbocycles. The zero-order valence-electron chi connectivity index (χ0n) is 11.2. The highest BCUT2D eigenvalue weighted by molar-refractivity contribution is 5.67. The van der Waals surface area contributed by atoms with Crippen LogP contribution < -0.4 is 11.1 Å². The SMILES string of the molecule is CCC1CCC(Nc2ncnc(N)c2[N+](=O)[O-])C1C. The molecule has 0 radical (unpaired) electrons. The molecule has 1 fully saturated rings. The van der Waals surface area contributed by atoms with Gasteiger partial charge in [-0.25, -0.2) is 9.97 Å². The van der Waals surface area contributed by atoms with E-state index in [9.17, 15) is 10.1 Å². The minimum absolute atomic E-state index is 0.0970. The Hall–Kier alpha value is -1.92. The van der Waals surface area contributed by atoms with Gasteiger partial charge in [-0.2, -0.15) is 0 Å². The molecule has 104 valence electrons. The molecule has 3 unspecified atom stereocenters. The van der Waals surface area contributed by atoms with Crippen LogP contribution in [0.15, 0.2) is 6.33 Å². The Labute approximate surface area is 111 Å². The molecule has 0 spiro atoms. The van der Waals surface area contributed by atoms with Gasteiger partial charge in [0.25, 0.3) is 0 Å². The summed E-state index contributed by atoms with van der Waals surface area (Å²) in [6, 6.07) is 0.206. The molecular formula is C12H19N5O2. The van der Waals surface area contributed by atoms with Crippen molar-refractivity contribution in [2.45, 2.75) is 39.2 Å². The van der Waals surface area contributed by atoms with Gasteiger partial charge in [-0.15, -0.1) is 0 Å². The number of hydrogen-bond donors (Lipinski definition) is 2. The monoisotopic (exact) mass is 265 g/mol. The molecule has 1 saturated carbocycles. The van der Waals surface area contributed by atoms with Crippen molar-refractivity contribution in [2.75, 3.05) is 11.1 Å². The zero-order valence-corrected chi connectivity index (χ0v) is 11.2. The summed E-state index contributed by atoms with van der Waals surface area (Å²) >= 11 is 0. The topological polar surface area (TPSA) is 107 Å². The third-order valence-electron chi connectivity index (χ3n) is 4.11. The van der Waals surface area contributed by atoms with E-state index in [0.717, 1.165) is 19.3 Å². The van der Waals surface area contributed by atoms with E-state index in [1.54, 1.807) is 0 Å². The number of aromatic nitrogens is 2. The first-order chi connectivity index (χ1) is 9.04. The smallest absolute Gasteiger partial charge is 0.352 e. The van der Waals surface area contributed by atoms with E-state index in [1.807, 2.05) is 0 Å². The number of nitrogens with one attached hydrogen (secondary N) is 1. The van der Waals surface area contributed by atoms with Crippen molar-refractivity contribution in [1.29, 1.82) is 0 Å². The number of hydrogen-bond acceptors (Lipinski definition) is 6. The second-order valence-electron chi connectivity index (χ2n) is 5.07. The van der Waals surface area contributed by atoms with E-state index in [-0.39, 0.29) is 23.4 Å². The van der Waals surface area contributed by atoms with E-state index < -0.39 is 4.92 Å². The van der Waals surface area contributed by atoms with Crippen molar-refractivity contribution in [3.8, 4) is 0 Å². The van der Waals surface area contributed by atoms with E-state index in [4.69, 9.17) is 5.73 Å². The lowest BCUT2D eigenvalue weighted by molar-refractivity contribution is -0.383. The number of nitro groups is 1. The van der Waals surface area contributed by atoms with E-state index in [1.165, 1.54) is 6.33 Å². The molecule has 0 bridgehead atoms. The molecule has 0 aromatic carbocycles. The Balaban J connectivity index is 2.20. The standard InChI is InChI=1S/C12H19N5O2/c1-3-8-4-5-9(7(8)2)16-12-10(17(18)19)11(13)14-6-15-12/h6-9H,3-5H2,1-2H3,(H3,13,14,15,16). The summed E-state index contributed by atoms with van der Waals surface area (Å²) in [5.74, 6) is 1.27. The maximum absolute atomic E-state index is 11.0. The maximum Gasteiger partial charge on any atom is 0.352 e. The fourth-order valence-electron chi connectivity index (χ4n) is 2.88. The van der Waals surface area contributed by atoms with Crippen molar-refractivity contribution in [1.82, 2.24) is 9.97 Å². The fraction of sp³-hybridized carbons (Fsp3) is 0.667. The van der Waals surface area contributed by atoms with Crippen molar-refractivity contribution in [2.24, 2.45) is 11.8 Å². The van der Waals surface area contributed by atoms with Crippen LogP contribution in [0.3, 0.4) is 0 Å². The molecule has 0 saturated heterocycles. The van der Waals surface area contributed by atoms with Gasteiger partial charge in [0.05, 0.1) is 4.92 Å². The fourth-order valence-corrected chi connectivity index (χ4v) is 2.88. The number of nitrogen functional groups attached to an aromatic ring is 1. The van der Waals surface area contributed by atoms with Crippen LogP contribution in [0, 0.1) is 22.0 Å². The van der Waals surface area contributed by atoms with Crippen LogP contribution in [-0.4, -0.2) is 20.9 Å². The quantitative estimate of drug-likeness (QED) is 0.638. The Morgan fingerprint density at radius 3 is 2.84 bits per heavy atom. The van der Waals surface area contributed by atoms with Gasteiger partial charge in [0.1, 0.15) is 6.33 Å². The molecule has 7 heteroatoms. The van der Waals surface area contributed by atoms with Crippen LogP contribution in [0.5, 0.6) is 0 Å². The Morgan fingerprint density at radius 2 is 2.26 bits per heavy atom. The van der Waals surface area contributed by atoms with Gasteiger partial charge in [0.15, 0.2) is 0 Å². The number of nitrogens with two attached hydrogens (primary N) is 1. The lowest BCUT2D eigenvalue weighted by Crippen LogP contribution is -2.25. The van der Waals surface area contributed by atoms with Crippen LogP contribution in [0.2, 0.25) is 0 Å². The molecule has 2 rings (SSSR count). The first kappa shape index (κ1) is 13.5. The molecule has 1 aromatic heterocycles. The largest absolute Gasteiger partial charge is 0.378 e. The van der Waals surface area contributed by atoms with E-state index in [2.05, 4.69) is 29.1 Å². The Morgan fingerprint density at radius 1 is 1.53 bits per heavy atom. The van der Waals surface area contributed by atoms with Gasteiger partial charge in [-0.05, 0) is 24.7 Å². The van der Waals surface area contributed by atoms with Crippen LogP contribution in [-0.2, 0) is 0 Å². The number of rotatable bonds is 4. The minimum Gasteiger partial charge on any atom is -0.378 e.